The van der Waals surface area contributed by atoms with E-state index in [4.69, 9.17) is 5.73 Å². The van der Waals surface area contributed by atoms with Crippen molar-refractivity contribution in [2.45, 2.75) is 25.0 Å². The Bertz CT molecular complexity index is 264. The first-order valence-electron chi connectivity index (χ1n) is 6.46. The fourth-order valence-corrected chi connectivity index (χ4v) is 2.47. The van der Waals surface area contributed by atoms with E-state index in [9.17, 15) is 0 Å². The molecule has 0 fully saturated rings. The van der Waals surface area contributed by atoms with Gasteiger partial charge in [-0.3, -0.25) is 0 Å². The van der Waals surface area contributed by atoms with Crippen LogP contribution in [0.3, 0.4) is 0 Å². The second-order valence-corrected chi connectivity index (χ2v) is 5.24. The van der Waals surface area contributed by atoms with Crippen molar-refractivity contribution in [3.05, 3.63) is 35.9 Å². The zero-order valence-corrected chi connectivity index (χ0v) is 11.3. The number of rotatable bonds is 10. The number of nitrogens with two attached hydrogens (primary N) is 1. The quantitative estimate of drug-likeness (QED) is 0.629. The Balaban J connectivity index is 1.85. The minimum atomic E-state index is 0.826. The van der Waals surface area contributed by atoms with Gasteiger partial charge in [-0.25, -0.2) is 0 Å². The Morgan fingerprint density at radius 1 is 1.00 bits per heavy atom. The van der Waals surface area contributed by atoms with Crippen molar-refractivity contribution in [2.75, 3.05) is 25.4 Å². The van der Waals surface area contributed by atoms with E-state index in [-0.39, 0.29) is 0 Å². The van der Waals surface area contributed by atoms with E-state index < -0.39 is 0 Å². The Kier molecular flexibility index (Phi) is 9.10. The van der Waals surface area contributed by atoms with Gasteiger partial charge in [0.2, 0.25) is 0 Å². The normalized spacial score (nSPS) is 10.6. The van der Waals surface area contributed by atoms with Gasteiger partial charge in [0.05, 0.1) is 0 Å². The molecule has 0 saturated carbocycles. The van der Waals surface area contributed by atoms with Gasteiger partial charge in [-0.2, -0.15) is 11.8 Å². The maximum absolute atomic E-state index is 5.44. The highest BCUT2D eigenvalue weighted by Crippen LogP contribution is 2.10. The van der Waals surface area contributed by atoms with Crippen LogP contribution in [0.5, 0.6) is 0 Å². The Labute approximate surface area is 109 Å². The van der Waals surface area contributed by atoms with Crippen molar-refractivity contribution in [2.24, 2.45) is 5.73 Å². The van der Waals surface area contributed by atoms with Crippen LogP contribution in [0.25, 0.3) is 0 Å². The van der Waals surface area contributed by atoms with Gasteiger partial charge in [-0.05, 0) is 31.5 Å². The van der Waals surface area contributed by atoms with E-state index >= 15 is 0 Å². The zero-order valence-electron chi connectivity index (χ0n) is 10.5. The highest BCUT2D eigenvalue weighted by Gasteiger charge is 1.92. The van der Waals surface area contributed by atoms with Crippen LogP contribution in [0.2, 0.25) is 0 Å². The number of hydrogen-bond acceptors (Lipinski definition) is 3. The Morgan fingerprint density at radius 3 is 2.59 bits per heavy atom. The molecule has 0 radical (unpaired) electrons. The molecule has 0 bridgehead atoms. The number of unbranched alkanes of at least 4 members (excludes halogenated alkanes) is 2. The first-order chi connectivity index (χ1) is 8.43. The summed E-state index contributed by atoms with van der Waals surface area (Å²) in [6.07, 6.45) is 3.66. The lowest BCUT2D eigenvalue weighted by atomic mass is 10.2. The lowest BCUT2D eigenvalue weighted by molar-refractivity contribution is 0.623. The Morgan fingerprint density at radius 2 is 1.82 bits per heavy atom. The lowest BCUT2D eigenvalue weighted by Crippen LogP contribution is -2.18. The summed E-state index contributed by atoms with van der Waals surface area (Å²) in [5, 5.41) is 3.47. The molecule has 0 spiro atoms. The number of benzene rings is 1. The van der Waals surface area contributed by atoms with Gasteiger partial charge in [-0.1, -0.05) is 36.8 Å². The molecule has 3 heteroatoms. The average Bonchev–Trinajstić information content (AvgIpc) is 2.38. The number of hydrogen-bond donors (Lipinski definition) is 2. The highest BCUT2D eigenvalue weighted by atomic mass is 32.2. The molecule has 1 aromatic carbocycles. The largest absolute Gasteiger partial charge is 0.330 e. The van der Waals surface area contributed by atoms with Crippen molar-refractivity contribution < 1.29 is 0 Å². The van der Waals surface area contributed by atoms with E-state index in [2.05, 4.69) is 35.6 Å². The summed E-state index contributed by atoms with van der Waals surface area (Å²) in [4.78, 5) is 0. The fourth-order valence-electron chi connectivity index (χ4n) is 1.60. The number of thioether (sulfide) groups is 1. The van der Waals surface area contributed by atoms with Crippen LogP contribution >= 0.6 is 11.8 Å². The maximum atomic E-state index is 5.44. The van der Waals surface area contributed by atoms with E-state index in [0.29, 0.717) is 0 Å². The van der Waals surface area contributed by atoms with Gasteiger partial charge in [0, 0.05) is 18.1 Å². The summed E-state index contributed by atoms with van der Waals surface area (Å²) >= 11 is 1.99. The fraction of sp³-hybridized carbons (Fsp3) is 0.571. The minimum Gasteiger partial charge on any atom is -0.330 e. The first-order valence-corrected chi connectivity index (χ1v) is 7.61. The molecule has 0 unspecified atom stereocenters. The molecule has 0 aliphatic carbocycles. The zero-order chi connectivity index (χ0) is 12.2. The van der Waals surface area contributed by atoms with Crippen LogP contribution in [0.1, 0.15) is 24.8 Å². The minimum absolute atomic E-state index is 0.826. The molecule has 0 atom stereocenters. The second-order valence-electron chi connectivity index (χ2n) is 4.14. The van der Waals surface area contributed by atoms with Crippen LogP contribution in [0.15, 0.2) is 30.3 Å². The summed E-state index contributed by atoms with van der Waals surface area (Å²) in [6, 6.07) is 10.6. The molecule has 0 aliphatic rings. The molecule has 0 heterocycles. The lowest BCUT2D eigenvalue weighted by Gasteiger charge is -2.04. The van der Waals surface area contributed by atoms with Crippen LogP contribution in [0.4, 0.5) is 0 Å². The molecule has 1 aromatic rings. The SMILES string of the molecule is NCCCCCNCCSCc1ccccc1. The van der Waals surface area contributed by atoms with Crippen LogP contribution in [0, 0.1) is 0 Å². The molecule has 96 valence electrons. The molecular formula is C14H24N2S. The third-order valence-electron chi connectivity index (χ3n) is 2.59. The summed E-state index contributed by atoms with van der Waals surface area (Å²) in [5.74, 6) is 2.31. The molecule has 2 nitrogen and oxygen atoms in total. The molecule has 0 saturated heterocycles. The molecule has 1 rings (SSSR count). The van der Waals surface area contributed by atoms with E-state index in [0.717, 1.165) is 31.8 Å². The summed E-state index contributed by atoms with van der Waals surface area (Å²) in [6.45, 7) is 3.07. The predicted octanol–water partition coefficient (Wildman–Crippen LogP) is 2.64. The van der Waals surface area contributed by atoms with Crippen molar-refractivity contribution in [1.82, 2.24) is 5.32 Å². The molecule has 0 amide bonds. The summed E-state index contributed by atoms with van der Waals surface area (Å²) < 4.78 is 0. The van der Waals surface area contributed by atoms with E-state index in [1.807, 2.05) is 11.8 Å². The Hall–Kier alpha value is -0.510. The topological polar surface area (TPSA) is 38.0 Å². The first kappa shape index (κ1) is 14.6. The number of nitrogens with one attached hydrogen (secondary N) is 1. The molecule has 3 N–H and O–H groups in total. The van der Waals surface area contributed by atoms with Crippen molar-refractivity contribution in [3.8, 4) is 0 Å². The van der Waals surface area contributed by atoms with Gasteiger partial charge in [0.25, 0.3) is 0 Å². The smallest absolute Gasteiger partial charge is 0.0185 e. The van der Waals surface area contributed by atoms with Gasteiger partial charge in [-0.15, -0.1) is 0 Å². The molecule has 0 aliphatic heterocycles. The van der Waals surface area contributed by atoms with Crippen LogP contribution < -0.4 is 11.1 Å². The average molecular weight is 252 g/mol. The van der Waals surface area contributed by atoms with Gasteiger partial charge in [0.15, 0.2) is 0 Å². The molecular weight excluding hydrogens is 228 g/mol. The highest BCUT2D eigenvalue weighted by molar-refractivity contribution is 7.98. The standard InChI is InChI=1S/C14H24N2S/c15-9-5-2-6-10-16-11-12-17-13-14-7-3-1-4-8-14/h1,3-4,7-8,16H,2,5-6,9-13,15H2. The molecule has 17 heavy (non-hydrogen) atoms. The van der Waals surface area contributed by atoms with Crippen molar-refractivity contribution in [3.63, 3.8) is 0 Å². The van der Waals surface area contributed by atoms with Gasteiger partial charge >= 0.3 is 0 Å². The second kappa shape index (κ2) is 10.6. The maximum Gasteiger partial charge on any atom is 0.0185 e. The van der Waals surface area contributed by atoms with Crippen molar-refractivity contribution >= 4 is 11.8 Å². The van der Waals surface area contributed by atoms with E-state index in [1.54, 1.807) is 0 Å². The van der Waals surface area contributed by atoms with Gasteiger partial charge < -0.3 is 11.1 Å². The van der Waals surface area contributed by atoms with E-state index in [1.165, 1.54) is 24.2 Å². The van der Waals surface area contributed by atoms with Crippen LogP contribution in [-0.2, 0) is 5.75 Å². The van der Waals surface area contributed by atoms with Gasteiger partial charge in [0.1, 0.15) is 0 Å². The predicted molar refractivity (Wildman–Crippen MR) is 78.4 cm³/mol. The molecule has 0 aromatic heterocycles. The monoisotopic (exact) mass is 252 g/mol. The van der Waals surface area contributed by atoms with Crippen molar-refractivity contribution in [1.29, 1.82) is 0 Å². The van der Waals surface area contributed by atoms with Crippen LogP contribution in [-0.4, -0.2) is 25.4 Å². The summed E-state index contributed by atoms with van der Waals surface area (Å²) in [5.41, 5.74) is 6.86. The summed E-state index contributed by atoms with van der Waals surface area (Å²) in [7, 11) is 0. The third-order valence-corrected chi connectivity index (χ3v) is 3.62. The third kappa shape index (κ3) is 8.25.